The van der Waals surface area contributed by atoms with Crippen LogP contribution in [0.1, 0.15) is 27.6 Å². The fraction of sp³-hybridized carbons (Fsp3) is 0.176. The molecule has 0 bridgehead atoms. The second kappa shape index (κ2) is 12.5. The predicted octanol–water partition coefficient (Wildman–Crippen LogP) is 5.74. The fourth-order valence-corrected chi connectivity index (χ4v) is 6.54. The van der Waals surface area contributed by atoms with E-state index in [-0.39, 0.29) is 35.9 Å². The zero-order chi connectivity index (χ0) is 29.8. The van der Waals surface area contributed by atoms with Crippen LogP contribution in [0.4, 0.5) is 5.82 Å². The number of aryl methyl sites for hydroxylation is 1. The van der Waals surface area contributed by atoms with E-state index in [1.807, 2.05) is 84.9 Å². The van der Waals surface area contributed by atoms with E-state index in [4.69, 9.17) is 9.84 Å². The van der Waals surface area contributed by atoms with Crippen molar-refractivity contribution in [2.24, 2.45) is 0 Å². The van der Waals surface area contributed by atoms with Crippen LogP contribution in [0.2, 0.25) is 0 Å². The number of aromatic nitrogens is 3. The third kappa shape index (κ3) is 5.89. The van der Waals surface area contributed by atoms with Gasteiger partial charge in [-0.05, 0) is 54.4 Å². The average molecular weight is 590 g/mol. The van der Waals surface area contributed by atoms with Gasteiger partial charge in [0.25, 0.3) is 0 Å². The van der Waals surface area contributed by atoms with Crippen LogP contribution in [0.5, 0.6) is 5.75 Å². The number of nitrogens with one attached hydrogen (secondary N) is 1. The van der Waals surface area contributed by atoms with E-state index < -0.39 is 0 Å². The van der Waals surface area contributed by atoms with E-state index in [2.05, 4.69) is 29.4 Å². The summed E-state index contributed by atoms with van der Waals surface area (Å²) in [6.45, 7) is 2.19. The number of anilines is 1. The van der Waals surface area contributed by atoms with E-state index in [0.29, 0.717) is 11.6 Å². The minimum Gasteiger partial charge on any atom is -0.497 e. The maximum atomic E-state index is 13.9. The van der Waals surface area contributed by atoms with Gasteiger partial charge in [-0.3, -0.25) is 19.5 Å². The topological polar surface area (TPSA) is 89.3 Å². The van der Waals surface area contributed by atoms with Crippen molar-refractivity contribution in [3.8, 4) is 22.7 Å². The molecule has 216 valence electrons. The first-order valence-electron chi connectivity index (χ1n) is 14.0. The quantitative estimate of drug-likeness (QED) is 0.249. The van der Waals surface area contributed by atoms with Crippen LogP contribution in [0.3, 0.4) is 0 Å². The molecule has 2 aromatic heterocycles. The second-order valence-electron chi connectivity index (χ2n) is 10.2. The second-order valence-corrected chi connectivity index (χ2v) is 11.3. The van der Waals surface area contributed by atoms with Crippen molar-refractivity contribution in [2.45, 2.75) is 18.7 Å². The Morgan fingerprint density at radius 3 is 2.44 bits per heavy atom. The molecule has 0 radical (unpaired) electrons. The van der Waals surface area contributed by atoms with Gasteiger partial charge < -0.3 is 10.1 Å². The first-order valence-corrected chi connectivity index (χ1v) is 15.0. The van der Waals surface area contributed by atoms with Crippen molar-refractivity contribution in [1.82, 2.24) is 20.1 Å². The number of amides is 2. The van der Waals surface area contributed by atoms with Crippen molar-refractivity contribution in [1.29, 1.82) is 0 Å². The summed E-state index contributed by atoms with van der Waals surface area (Å²) in [6.07, 6.45) is 1.69. The van der Waals surface area contributed by atoms with Crippen LogP contribution in [-0.4, -0.2) is 46.0 Å². The Balaban J connectivity index is 1.52. The number of ether oxygens (including phenoxy) is 1. The van der Waals surface area contributed by atoms with Gasteiger partial charge >= 0.3 is 0 Å². The molecule has 6 rings (SSSR count). The largest absolute Gasteiger partial charge is 0.497 e. The Bertz CT molecular complexity index is 1740. The van der Waals surface area contributed by atoms with Crippen LogP contribution in [0, 0.1) is 6.92 Å². The summed E-state index contributed by atoms with van der Waals surface area (Å²) in [4.78, 5) is 33.2. The van der Waals surface area contributed by atoms with Gasteiger partial charge in [0, 0.05) is 17.3 Å². The lowest BCUT2D eigenvalue weighted by atomic mass is 9.97. The fourth-order valence-electron chi connectivity index (χ4n) is 5.25. The maximum absolute atomic E-state index is 13.9. The molecule has 9 heteroatoms. The molecule has 0 aliphatic carbocycles. The summed E-state index contributed by atoms with van der Waals surface area (Å²) in [5, 5.41) is 7.89. The molecule has 2 amide bonds. The zero-order valence-electron chi connectivity index (χ0n) is 23.9. The molecule has 1 aliphatic rings. The van der Waals surface area contributed by atoms with Gasteiger partial charge in [-0.25, -0.2) is 4.68 Å². The average Bonchev–Trinajstić information content (AvgIpc) is 3.38. The third-order valence-electron chi connectivity index (χ3n) is 7.42. The molecule has 3 heterocycles. The molecule has 43 heavy (non-hydrogen) atoms. The lowest BCUT2D eigenvalue weighted by Gasteiger charge is -2.23. The number of hydrogen-bond acceptors (Lipinski definition) is 6. The summed E-state index contributed by atoms with van der Waals surface area (Å²) in [6, 6.07) is 31.3. The monoisotopic (exact) mass is 589 g/mol. The predicted molar refractivity (Wildman–Crippen MR) is 169 cm³/mol. The van der Waals surface area contributed by atoms with Gasteiger partial charge in [-0.1, -0.05) is 60.7 Å². The van der Waals surface area contributed by atoms with Gasteiger partial charge in [-0.15, -0.1) is 11.8 Å². The summed E-state index contributed by atoms with van der Waals surface area (Å²) in [5.74, 6) is 1.05. The number of nitrogens with zero attached hydrogens (tertiary/aromatic N) is 4. The summed E-state index contributed by atoms with van der Waals surface area (Å²) < 4.78 is 7.19. The maximum Gasteiger partial charge on any atom is 0.240 e. The van der Waals surface area contributed by atoms with Crippen LogP contribution < -0.4 is 15.0 Å². The van der Waals surface area contributed by atoms with Gasteiger partial charge in [0.1, 0.15) is 18.1 Å². The number of methoxy groups -OCH3 is 1. The number of carbonyl (C=O) groups is 2. The molecule has 1 N–H and O–H groups in total. The Morgan fingerprint density at radius 2 is 1.72 bits per heavy atom. The summed E-state index contributed by atoms with van der Waals surface area (Å²) >= 11 is 1.56. The molecule has 1 aliphatic heterocycles. The first-order chi connectivity index (χ1) is 21.0. The van der Waals surface area contributed by atoms with Crippen LogP contribution in [0.15, 0.2) is 103 Å². The van der Waals surface area contributed by atoms with Crippen molar-refractivity contribution in [3.05, 3.63) is 126 Å². The molecule has 0 saturated carbocycles. The van der Waals surface area contributed by atoms with Crippen LogP contribution in [-0.2, 0) is 16.1 Å². The summed E-state index contributed by atoms with van der Waals surface area (Å²) in [7, 11) is 1.62. The molecule has 1 atom stereocenters. The molecular formula is C34H31N5O3S. The minimum absolute atomic E-state index is 0.157. The number of thioether (sulfide) groups is 1. The highest BCUT2D eigenvalue weighted by molar-refractivity contribution is 8.00. The third-order valence-corrected chi connectivity index (χ3v) is 8.66. The molecule has 3 aromatic carbocycles. The molecule has 0 saturated heterocycles. The molecule has 0 unspecified atom stereocenters. The van der Waals surface area contributed by atoms with Crippen molar-refractivity contribution >= 4 is 29.4 Å². The number of rotatable bonds is 8. The highest BCUT2D eigenvalue weighted by Gasteiger charge is 2.38. The van der Waals surface area contributed by atoms with Crippen molar-refractivity contribution in [2.75, 3.05) is 24.3 Å². The van der Waals surface area contributed by atoms with Crippen molar-refractivity contribution in [3.63, 3.8) is 0 Å². The molecule has 5 aromatic rings. The van der Waals surface area contributed by atoms with Crippen LogP contribution in [0.25, 0.3) is 16.9 Å². The first kappa shape index (κ1) is 28.2. The van der Waals surface area contributed by atoms with Crippen molar-refractivity contribution < 1.29 is 14.3 Å². The summed E-state index contributed by atoms with van der Waals surface area (Å²) in [5.41, 5.74) is 6.31. The minimum atomic E-state index is -0.284. The Morgan fingerprint density at radius 1 is 0.977 bits per heavy atom. The normalized spacial score (nSPS) is 14.6. The molecule has 0 spiro atoms. The van der Waals surface area contributed by atoms with E-state index >= 15 is 0 Å². The highest BCUT2D eigenvalue weighted by Crippen LogP contribution is 2.49. The van der Waals surface area contributed by atoms with E-state index in [9.17, 15) is 9.59 Å². The number of carbonyl (C=O) groups excluding carboxylic acids is 2. The standard InChI is InChI=1S/C34H31N5O3S/c1-23-10-6-7-14-28(23)33-31-32(24-11-4-3-5-12-24)37-39(26-15-17-27(42-2)18-16-26)34(31)38(30(41)22-43-33)21-29(40)36-20-25-13-8-9-19-35-25/h3-19,33H,20-22H2,1-2H3,(H,36,40)/t33-/m1/s1. The lowest BCUT2D eigenvalue weighted by Crippen LogP contribution is -2.42. The van der Waals surface area contributed by atoms with Gasteiger partial charge in [0.05, 0.1) is 41.7 Å². The zero-order valence-corrected chi connectivity index (χ0v) is 24.8. The number of fused-ring (bicyclic) bond motifs is 1. The number of hydrogen-bond donors (Lipinski definition) is 1. The number of pyridine rings is 1. The molecule has 8 nitrogen and oxygen atoms in total. The van der Waals surface area contributed by atoms with E-state index in [1.54, 1.807) is 34.7 Å². The van der Waals surface area contributed by atoms with Gasteiger partial charge in [0.2, 0.25) is 11.8 Å². The van der Waals surface area contributed by atoms with Gasteiger partial charge in [0.15, 0.2) is 0 Å². The SMILES string of the molecule is COc1ccc(-n2nc(-c3ccccc3)c3c2N(CC(=O)NCc2ccccn2)C(=O)CS[C@@H]3c2ccccc2C)cc1. The number of benzene rings is 3. The lowest BCUT2D eigenvalue weighted by molar-refractivity contribution is -0.123. The Hall–Kier alpha value is -4.89. The van der Waals surface area contributed by atoms with E-state index in [0.717, 1.165) is 39.3 Å². The molecular weight excluding hydrogens is 558 g/mol. The highest BCUT2D eigenvalue weighted by atomic mass is 32.2. The molecule has 0 fully saturated rings. The van der Waals surface area contributed by atoms with Crippen LogP contribution >= 0.6 is 11.8 Å². The Labute approximate surface area is 254 Å². The smallest absolute Gasteiger partial charge is 0.240 e. The van der Waals surface area contributed by atoms with Gasteiger partial charge in [-0.2, -0.15) is 5.10 Å². The van der Waals surface area contributed by atoms with E-state index in [1.165, 1.54) is 0 Å². The Kier molecular flexibility index (Phi) is 8.24.